The quantitative estimate of drug-likeness (QED) is 0.750. The zero-order valence-electron chi connectivity index (χ0n) is 11.1. The number of amides is 2. The number of pyridine rings is 1. The maximum absolute atomic E-state index is 11.7. The molecule has 18 heavy (non-hydrogen) atoms. The Balaban J connectivity index is 2.21. The summed E-state index contributed by atoms with van der Waals surface area (Å²) in [7, 11) is 1.76. The largest absolute Gasteiger partial charge is 0.382 e. The van der Waals surface area contributed by atoms with Crippen molar-refractivity contribution in [2.24, 2.45) is 0 Å². The van der Waals surface area contributed by atoms with E-state index in [1.807, 2.05) is 25.1 Å². The summed E-state index contributed by atoms with van der Waals surface area (Å²) in [5.74, 6) is 0. The Morgan fingerprint density at radius 2 is 2.33 bits per heavy atom. The first-order valence-electron chi connectivity index (χ1n) is 6.20. The summed E-state index contributed by atoms with van der Waals surface area (Å²) in [6.07, 6.45) is 2.56. The summed E-state index contributed by atoms with van der Waals surface area (Å²) in [5.41, 5.74) is 0.879. The lowest BCUT2D eigenvalue weighted by Crippen LogP contribution is -2.37. The average Bonchev–Trinajstić information content (AvgIpc) is 2.39. The molecule has 1 N–H and O–H groups in total. The SMILES string of the molecule is CCOCCCNC(=O)N(C)Cc1ccccn1. The van der Waals surface area contributed by atoms with Crippen LogP contribution < -0.4 is 5.32 Å². The molecule has 0 fully saturated rings. The van der Waals surface area contributed by atoms with E-state index in [1.54, 1.807) is 18.1 Å². The molecule has 100 valence electrons. The fraction of sp³-hybridized carbons (Fsp3) is 0.538. The van der Waals surface area contributed by atoms with Gasteiger partial charge in [-0.05, 0) is 25.5 Å². The molecule has 1 heterocycles. The number of rotatable bonds is 7. The molecule has 0 aromatic carbocycles. The number of nitrogens with zero attached hydrogens (tertiary/aromatic N) is 2. The highest BCUT2D eigenvalue weighted by Gasteiger charge is 2.08. The van der Waals surface area contributed by atoms with Crippen molar-refractivity contribution in [2.75, 3.05) is 26.8 Å². The summed E-state index contributed by atoms with van der Waals surface area (Å²) in [6.45, 7) is 4.50. The van der Waals surface area contributed by atoms with Crippen LogP contribution in [0.5, 0.6) is 0 Å². The Morgan fingerprint density at radius 1 is 1.50 bits per heavy atom. The van der Waals surface area contributed by atoms with Gasteiger partial charge in [-0.15, -0.1) is 0 Å². The van der Waals surface area contributed by atoms with Gasteiger partial charge in [0.1, 0.15) is 0 Å². The van der Waals surface area contributed by atoms with Gasteiger partial charge in [-0.1, -0.05) is 6.07 Å². The zero-order chi connectivity index (χ0) is 13.2. The molecule has 5 heteroatoms. The summed E-state index contributed by atoms with van der Waals surface area (Å²) < 4.78 is 5.20. The monoisotopic (exact) mass is 251 g/mol. The van der Waals surface area contributed by atoms with E-state index < -0.39 is 0 Å². The first-order valence-corrected chi connectivity index (χ1v) is 6.20. The second-order valence-corrected chi connectivity index (χ2v) is 3.96. The molecule has 1 rings (SSSR count). The van der Waals surface area contributed by atoms with Crippen LogP contribution in [-0.2, 0) is 11.3 Å². The summed E-state index contributed by atoms with van der Waals surface area (Å²) in [6, 6.07) is 5.59. The minimum absolute atomic E-state index is 0.0860. The molecule has 0 spiro atoms. The van der Waals surface area contributed by atoms with E-state index in [0.29, 0.717) is 26.3 Å². The van der Waals surface area contributed by atoms with Crippen molar-refractivity contribution in [3.63, 3.8) is 0 Å². The maximum Gasteiger partial charge on any atom is 0.317 e. The molecule has 0 unspecified atom stereocenters. The van der Waals surface area contributed by atoms with Crippen LogP contribution in [0.3, 0.4) is 0 Å². The highest BCUT2D eigenvalue weighted by molar-refractivity contribution is 5.73. The number of aromatic nitrogens is 1. The van der Waals surface area contributed by atoms with Crippen LogP contribution in [-0.4, -0.2) is 42.7 Å². The highest BCUT2D eigenvalue weighted by Crippen LogP contribution is 1.98. The minimum atomic E-state index is -0.0860. The molecule has 0 bridgehead atoms. The fourth-order valence-electron chi connectivity index (χ4n) is 1.46. The van der Waals surface area contributed by atoms with Crippen LogP contribution in [0.1, 0.15) is 19.0 Å². The second kappa shape index (κ2) is 8.47. The van der Waals surface area contributed by atoms with Crippen molar-refractivity contribution in [1.29, 1.82) is 0 Å². The van der Waals surface area contributed by atoms with Gasteiger partial charge in [-0.25, -0.2) is 4.79 Å². The molecule has 0 saturated heterocycles. The fourth-order valence-corrected chi connectivity index (χ4v) is 1.46. The van der Waals surface area contributed by atoms with Gasteiger partial charge in [0.05, 0.1) is 12.2 Å². The van der Waals surface area contributed by atoms with Crippen molar-refractivity contribution in [1.82, 2.24) is 15.2 Å². The molecule has 0 saturated carbocycles. The predicted octanol–water partition coefficient (Wildman–Crippen LogP) is 1.65. The molecule has 1 aromatic rings. The number of urea groups is 1. The molecule has 0 aliphatic rings. The third kappa shape index (κ3) is 5.63. The third-order valence-electron chi connectivity index (χ3n) is 2.42. The smallest absolute Gasteiger partial charge is 0.317 e. The third-order valence-corrected chi connectivity index (χ3v) is 2.42. The second-order valence-electron chi connectivity index (χ2n) is 3.96. The summed E-state index contributed by atoms with van der Waals surface area (Å²) >= 11 is 0. The standard InChI is InChI=1S/C13H21N3O2/c1-3-18-10-6-9-15-13(17)16(2)11-12-7-4-5-8-14-12/h4-5,7-8H,3,6,9-11H2,1-2H3,(H,15,17). The van der Waals surface area contributed by atoms with E-state index in [1.165, 1.54) is 0 Å². The zero-order valence-corrected chi connectivity index (χ0v) is 11.1. The first kappa shape index (κ1) is 14.4. The Labute approximate surface area is 108 Å². The average molecular weight is 251 g/mol. The Bertz CT molecular complexity index is 343. The van der Waals surface area contributed by atoms with Gasteiger partial charge in [-0.3, -0.25) is 4.98 Å². The topological polar surface area (TPSA) is 54.5 Å². The van der Waals surface area contributed by atoms with Crippen LogP contribution in [0.4, 0.5) is 4.79 Å². The Hall–Kier alpha value is -1.62. The van der Waals surface area contributed by atoms with Gasteiger partial charge >= 0.3 is 6.03 Å². The van der Waals surface area contributed by atoms with Crippen LogP contribution in [0, 0.1) is 0 Å². The van der Waals surface area contributed by atoms with Gasteiger partial charge in [-0.2, -0.15) is 0 Å². The Morgan fingerprint density at radius 3 is 3.00 bits per heavy atom. The van der Waals surface area contributed by atoms with E-state index in [2.05, 4.69) is 10.3 Å². The summed E-state index contributed by atoms with van der Waals surface area (Å²) in [4.78, 5) is 17.5. The van der Waals surface area contributed by atoms with E-state index >= 15 is 0 Å². The molecular formula is C13H21N3O2. The number of nitrogens with one attached hydrogen (secondary N) is 1. The van der Waals surface area contributed by atoms with Crippen LogP contribution in [0.2, 0.25) is 0 Å². The number of hydrogen-bond acceptors (Lipinski definition) is 3. The van der Waals surface area contributed by atoms with Crippen molar-refractivity contribution >= 4 is 6.03 Å². The molecule has 0 radical (unpaired) electrons. The number of carbonyl (C=O) groups excluding carboxylic acids is 1. The molecule has 0 aliphatic carbocycles. The van der Waals surface area contributed by atoms with Gasteiger partial charge < -0.3 is 15.0 Å². The van der Waals surface area contributed by atoms with Gasteiger partial charge in [0.25, 0.3) is 0 Å². The molecule has 5 nitrogen and oxygen atoms in total. The lowest BCUT2D eigenvalue weighted by Gasteiger charge is -2.17. The number of carbonyl (C=O) groups is 1. The van der Waals surface area contributed by atoms with Crippen molar-refractivity contribution in [3.8, 4) is 0 Å². The molecule has 0 aliphatic heterocycles. The molecular weight excluding hydrogens is 230 g/mol. The summed E-state index contributed by atoms with van der Waals surface area (Å²) in [5, 5.41) is 2.84. The van der Waals surface area contributed by atoms with Gasteiger partial charge in [0.15, 0.2) is 0 Å². The lowest BCUT2D eigenvalue weighted by atomic mass is 10.3. The normalized spacial score (nSPS) is 10.1. The maximum atomic E-state index is 11.7. The van der Waals surface area contributed by atoms with E-state index in [9.17, 15) is 4.79 Å². The van der Waals surface area contributed by atoms with E-state index in [4.69, 9.17) is 4.74 Å². The van der Waals surface area contributed by atoms with Gasteiger partial charge in [0, 0.05) is 33.0 Å². The van der Waals surface area contributed by atoms with E-state index in [0.717, 1.165) is 12.1 Å². The van der Waals surface area contributed by atoms with Crippen molar-refractivity contribution < 1.29 is 9.53 Å². The Kier molecular flexibility index (Phi) is 6.79. The van der Waals surface area contributed by atoms with Crippen LogP contribution in [0.25, 0.3) is 0 Å². The van der Waals surface area contributed by atoms with Crippen molar-refractivity contribution in [3.05, 3.63) is 30.1 Å². The highest BCUT2D eigenvalue weighted by atomic mass is 16.5. The lowest BCUT2D eigenvalue weighted by molar-refractivity contribution is 0.144. The molecule has 2 amide bonds. The molecule has 1 aromatic heterocycles. The van der Waals surface area contributed by atoms with Crippen molar-refractivity contribution in [2.45, 2.75) is 19.9 Å². The number of hydrogen-bond donors (Lipinski definition) is 1. The van der Waals surface area contributed by atoms with Crippen LogP contribution in [0.15, 0.2) is 24.4 Å². The van der Waals surface area contributed by atoms with Gasteiger partial charge in [0.2, 0.25) is 0 Å². The minimum Gasteiger partial charge on any atom is -0.382 e. The first-order chi connectivity index (χ1) is 8.74. The predicted molar refractivity (Wildman–Crippen MR) is 70.2 cm³/mol. The number of ether oxygens (including phenoxy) is 1. The molecule has 0 atom stereocenters. The van der Waals surface area contributed by atoms with E-state index in [-0.39, 0.29) is 6.03 Å². The van der Waals surface area contributed by atoms with Crippen LogP contribution >= 0.6 is 0 Å².